The number of hydrogen-bond donors (Lipinski definition) is 1. The number of hydrogen-bond acceptors (Lipinski definition) is 3. The molecule has 0 amide bonds. The van der Waals surface area contributed by atoms with Crippen LogP contribution in [0, 0.1) is 5.92 Å². The van der Waals surface area contributed by atoms with Gasteiger partial charge in [0.15, 0.2) is 5.82 Å². The summed E-state index contributed by atoms with van der Waals surface area (Å²) in [5.41, 5.74) is 3.94. The molecule has 166 valence electrons. The van der Waals surface area contributed by atoms with Crippen LogP contribution in [0.1, 0.15) is 73.7 Å². The van der Waals surface area contributed by atoms with Crippen molar-refractivity contribution >= 4 is 5.97 Å². The van der Waals surface area contributed by atoms with Gasteiger partial charge in [0.2, 0.25) is 0 Å². The summed E-state index contributed by atoms with van der Waals surface area (Å²) in [6.07, 6.45) is 16.9. The molecule has 0 unspecified atom stereocenters. The van der Waals surface area contributed by atoms with E-state index in [1.807, 2.05) is 6.07 Å². The van der Waals surface area contributed by atoms with Crippen molar-refractivity contribution < 1.29 is 9.90 Å². The molecule has 1 heterocycles. The number of unbranched alkanes of at least 4 members (excludes halogenated alkanes) is 3. The summed E-state index contributed by atoms with van der Waals surface area (Å²) in [7, 11) is 0. The third-order valence-electron chi connectivity index (χ3n) is 6.65. The molecule has 1 N–H and O–H groups in total. The number of benzene rings is 2. The molecule has 4 nitrogen and oxygen atoms in total. The lowest BCUT2D eigenvalue weighted by Gasteiger charge is -2.12. The van der Waals surface area contributed by atoms with Gasteiger partial charge in [-0.25, -0.2) is 14.8 Å². The first-order valence-electron chi connectivity index (χ1n) is 12.0. The highest BCUT2D eigenvalue weighted by atomic mass is 16.4. The highest BCUT2D eigenvalue weighted by Crippen LogP contribution is 2.33. The van der Waals surface area contributed by atoms with Crippen molar-refractivity contribution in [1.29, 1.82) is 0 Å². The second kappa shape index (κ2) is 11.0. The van der Waals surface area contributed by atoms with Crippen molar-refractivity contribution in [3.63, 3.8) is 0 Å². The average Bonchev–Trinajstić information content (AvgIpc) is 3.35. The number of carboxylic acids is 1. The summed E-state index contributed by atoms with van der Waals surface area (Å²) < 4.78 is 0. The minimum absolute atomic E-state index is 0.218. The van der Waals surface area contributed by atoms with E-state index in [0.29, 0.717) is 11.4 Å². The molecule has 0 aliphatic heterocycles. The molecule has 0 radical (unpaired) electrons. The number of aromatic nitrogens is 2. The summed E-state index contributed by atoms with van der Waals surface area (Å²) in [4.78, 5) is 20.5. The molecule has 1 aliphatic carbocycles. The second-order valence-corrected chi connectivity index (χ2v) is 8.91. The molecule has 1 aromatic heterocycles. The van der Waals surface area contributed by atoms with E-state index in [0.717, 1.165) is 23.5 Å². The topological polar surface area (TPSA) is 63.1 Å². The summed E-state index contributed by atoms with van der Waals surface area (Å²) >= 11 is 0. The smallest absolute Gasteiger partial charge is 0.336 e. The zero-order chi connectivity index (χ0) is 22.2. The molecule has 0 spiro atoms. The Morgan fingerprint density at radius 3 is 2.31 bits per heavy atom. The maximum absolute atomic E-state index is 11.8. The fourth-order valence-electron chi connectivity index (χ4n) is 4.91. The maximum atomic E-state index is 11.8. The van der Waals surface area contributed by atoms with Gasteiger partial charge in [0.05, 0.1) is 5.56 Å². The molecule has 0 bridgehead atoms. The van der Waals surface area contributed by atoms with E-state index in [1.54, 1.807) is 30.6 Å². The van der Waals surface area contributed by atoms with E-state index in [4.69, 9.17) is 0 Å². The number of rotatable bonds is 10. The molecule has 3 aromatic rings. The first kappa shape index (κ1) is 22.2. The lowest BCUT2D eigenvalue weighted by Crippen LogP contribution is -2.03. The molecule has 4 heteroatoms. The van der Waals surface area contributed by atoms with Gasteiger partial charge in [-0.1, -0.05) is 87.8 Å². The summed E-state index contributed by atoms with van der Waals surface area (Å²) in [6.45, 7) is 0. The quantitative estimate of drug-likeness (QED) is 0.347. The highest BCUT2D eigenvalue weighted by Gasteiger charge is 2.18. The van der Waals surface area contributed by atoms with Gasteiger partial charge in [0.25, 0.3) is 0 Å². The molecular weight excluding hydrogens is 396 g/mol. The van der Waals surface area contributed by atoms with Crippen molar-refractivity contribution in [3.05, 3.63) is 72.1 Å². The van der Waals surface area contributed by atoms with E-state index >= 15 is 0 Å². The Balaban J connectivity index is 1.39. The molecular formula is C28H32N2O2. The van der Waals surface area contributed by atoms with E-state index < -0.39 is 5.97 Å². The van der Waals surface area contributed by atoms with Crippen LogP contribution in [-0.2, 0) is 6.42 Å². The van der Waals surface area contributed by atoms with Crippen LogP contribution in [-0.4, -0.2) is 21.0 Å². The first-order chi connectivity index (χ1) is 15.7. The third kappa shape index (κ3) is 5.61. The summed E-state index contributed by atoms with van der Waals surface area (Å²) in [6, 6.07) is 15.6. The third-order valence-corrected chi connectivity index (χ3v) is 6.65. The Hall–Kier alpha value is -3.01. The fourth-order valence-corrected chi connectivity index (χ4v) is 4.91. The largest absolute Gasteiger partial charge is 0.478 e. The molecule has 4 rings (SSSR count). The second-order valence-electron chi connectivity index (χ2n) is 8.91. The fraction of sp³-hybridized carbons (Fsp3) is 0.393. The van der Waals surface area contributed by atoms with E-state index in [1.165, 1.54) is 63.4 Å². The molecule has 0 saturated heterocycles. The van der Waals surface area contributed by atoms with E-state index in [-0.39, 0.29) is 5.56 Å². The Bertz CT molecular complexity index is 1010. The molecule has 1 saturated carbocycles. The van der Waals surface area contributed by atoms with Crippen LogP contribution in [0.25, 0.3) is 22.5 Å². The molecule has 32 heavy (non-hydrogen) atoms. The predicted octanol–water partition coefficient (Wildman–Crippen LogP) is 7.19. The van der Waals surface area contributed by atoms with Crippen LogP contribution in [0.4, 0.5) is 0 Å². The van der Waals surface area contributed by atoms with Crippen LogP contribution < -0.4 is 0 Å². The summed E-state index contributed by atoms with van der Waals surface area (Å²) in [5.74, 6) is 0.467. The maximum Gasteiger partial charge on any atom is 0.336 e. The number of nitrogens with zero attached hydrogens (tertiary/aromatic N) is 2. The summed E-state index contributed by atoms with van der Waals surface area (Å²) in [5, 5.41) is 9.71. The zero-order valence-corrected chi connectivity index (χ0v) is 18.7. The van der Waals surface area contributed by atoms with Crippen molar-refractivity contribution in [2.75, 3.05) is 0 Å². The van der Waals surface area contributed by atoms with Crippen LogP contribution in [0.15, 0.2) is 60.9 Å². The highest BCUT2D eigenvalue weighted by molar-refractivity contribution is 6.00. The lowest BCUT2D eigenvalue weighted by atomic mass is 9.93. The van der Waals surface area contributed by atoms with Crippen LogP contribution in [0.5, 0.6) is 0 Å². The number of aryl methyl sites for hydroxylation is 1. The number of carbonyl (C=O) groups is 1. The van der Waals surface area contributed by atoms with Crippen molar-refractivity contribution in [3.8, 4) is 22.5 Å². The Kier molecular flexibility index (Phi) is 7.65. The van der Waals surface area contributed by atoms with Gasteiger partial charge in [0.1, 0.15) is 0 Å². The van der Waals surface area contributed by atoms with Gasteiger partial charge in [-0.2, -0.15) is 0 Å². The average molecular weight is 429 g/mol. The normalized spacial score (nSPS) is 14.0. The van der Waals surface area contributed by atoms with Gasteiger partial charge >= 0.3 is 5.97 Å². The number of carboxylic acid groups (broad SMARTS) is 1. The molecule has 1 fully saturated rings. The Labute approximate surface area is 190 Å². The monoisotopic (exact) mass is 428 g/mol. The lowest BCUT2D eigenvalue weighted by molar-refractivity contribution is 0.0697. The van der Waals surface area contributed by atoms with E-state index in [9.17, 15) is 9.90 Å². The van der Waals surface area contributed by atoms with Gasteiger partial charge in [0, 0.05) is 18.0 Å². The Morgan fingerprint density at radius 2 is 1.59 bits per heavy atom. The van der Waals surface area contributed by atoms with Crippen LogP contribution in [0.3, 0.4) is 0 Å². The van der Waals surface area contributed by atoms with Crippen molar-refractivity contribution in [2.24, 2.45) is 5.92 Å². The van der Waals surface area contributed by atoms with Gasteiger partial charge in [-0.3, -0.25) is 0 Å². The SMILES string of the molecule is O=C(O)c1cccc(-c2ccc(CCCCCCC3CCCC3)cc2)c1-c1ncccn1. The minimum Gasteiger partial charge on any atom is -0.478 e. The van der Waals surface area contributed by atoms with Gasteiger partial charge in [-0.15, -0.1) is 0 Å². The van der Waals surface area contributed by atoms with Crippen molar-refractivity contribution in [1.82, 2.24) is 9.97 Å². The standard InChI is InChI=1S/C28H32N2O2/c31-28(32)25-14-7-13-24(26(25)27-29-19-8-20-30-27)23-17-15-22(16-18-23)10-4-2-1-3-9-21-11-5-6-12-21/h7-8,13-21H,1-6,9-12H2,(H,31,32). The van der Waals surface area contributed by atoms with Gasteiger partial charge < -0.3 is 5.11 Å². The van der Waals surface area contributed by atoms with Crippen LogP contribution >= 0.6 is 0 Å². The Morgan fingerprint density at radius 1 is 0.875 bits per heavy atom. The minimum atomic E-state index is -0.973. The number of aromatic carboxylic acids is 1. The molecule has 0 atom stereocenters. The van der Waals surface area contributed by atoms with Gasteiger partial charge in [-0.05, 0) is 47.6 Å². The predicted molar refractivity (Wildman–Crippen MR) is 129 cm³/mol. The van der Waals surface area contributed by atoms with Crippen LogP contribution in [0.2, 0.25) is 0 Å². The van der Waals surface area contributed by atoms with E-state index in [2.05, 4.69) is 34.2 Å². The van der Waals surface area contributed by atoms with Crippen molar-refractivity contribution in [2.45, 2.75) is 64.2 Å². The molecule has 1 aliphatic rings. The molecule has 2 aromatic carbocycles. The zero-order valence-electron chi connectivity index (χ0n) is 18.7. The first-order valence-corrected chi connectivity index (χ1v) is 12.0.